The number of aryl methyl sites for hydroxylation is 1. The Morgan fingerprint density at radius 3 is 2.70 bits per heavy atom. The summed E-state index contributed by atoms with van der Waals surface area (Å²) < 4.78 is 8.65. The minimum atomic E-state index is -0.399. The van der Waals surface area contributed by atoms with Crippen molar-refractivity contribution in [2.75, 3.05) is 13.7 Å². The summed E-state index contributed by atoms with van der Waals surface area (Å²) in [7, 11) is 1.64. The second-order valence-corrected chi connectivity index (χ2v) is 9.12. The third kappa shape index (κ3) is 3.73. The van der Waals surface area contributed by atoms with Gasteiger partial charge in [-0.25, -0.2) is 0 Å². The molecular formula is C24H23N5O3S. The van der Waals surface area contributed by atoms with Gasteiger partial charge in [-0.05, 0) is 31.5 Å². The molecule has 8 nitrogen and oxygen atoms in total. The molecule has 3 heterocycles. The summed E-state index contributed by atoms with van der Waals surface area (Å²) in [6.45, 7) is 2.87. The van der Waals surface area contributed by atoms with E-state index in [9.17, 15) is 9.59 Å². The van der Waals surface area contributed by atoms with Crippen LogP contribution in [-0.4, -0.2) is 48.9 Å². The highest BCUT2D eigenvalue weighted by Gasteiger charge is 2.24. The van der Waals surface area contributed by atoms with Crippen LogP contribution in [0.1, 0.15) is 23.7 Å². The van der Waals surface area contributed by atoms with Gasteiger partial charge in [0.2, 0.25) is 5.78 Å². The van der Waals surface area contributed by atoms with Crippen molar-refractivity contribution in [3.05, 3.63) is 70.6 Å². The van der Waals surface area contributed by atoms with Crippen molar-refractivity contribution in [1.82, 2.24) is 24.1 Å². The predicted octanol–water partition coefficient (Wildman–Crippen LogP) is 3.93. The Morgan fingerprint density at radius 2 is 1.88 bits per heavy atom. The third-order valence-corrected chi connectivity index (χ3v) is 6.76. The van der Waals surface area contributed by atoms with Crippen LogP contribution < -0.4 is 5.56 Å². The standard InChI is InChI=1S/C24H23N5O3S/c1-15(21(30)18-14-25-19-10-5-3-8-16(18)19)33-24-27-26-23-28(12-7-13-32-2)22(31)17-9-4-6-11-20(17)29(23)24/h3-6,8-11,14-15,25H,7,12-13H2,1-2H3. The Labute approximate surface area is 193 Å². The van der Waals surface area contributed by atoms with Gasteiger partial charge in [0.1, 0.15) is 0 Å². The number of methoxy groups -OCH3 is 1. The summed E-state index contributed by atoms with van der Waals surface area (Å²) in [6.07, 6.45) is 2.43. The zero-order chi connectivity index (χ0) is 22.9. The fourth-order valence-corrected chi connectivity index (χ4v) is 5.01. The van der Waals surface area contributed by atoms with Crippen LogP contribution in [0.15, 0.2) is 64.7 Å². The topological polar surface area (TPSA) is 94.3 Å². The van der Waals surface area contributed by atoms with Gasteiger partial charge in [0.25, 0.3) is 5.56 Å². The number of aromatic nitrogens is 5. The maximum atomic E-state index is 13.3. The van der Waals surface area contributed by atoms with E-state index >= 15 is 0 Å². The van der Waals surface area contributed by atoms with Gasteiger partial charge in [-0.3, -0.25) is 18.6 Å². The molecule has 168 valence electrons. The van der Waals surface area contributed by atoms with Crippen LogP contribution in [0.3, 0.4) is 0 Å². The highest BCUT2D eigenvalue weighted by molar-refractivity contribution is 8.00. The number of aromatic amines is 1. The van der Waals surface area contributed by atoms with Crippen LogP contribution in [0.5, 0.6) is 0 Å². The summed E-state index contributed by atoms with van der Waals surface area (Å²) in [5.74, 6) is 0.468. The Bertz CT molecular complexity index is 1530. The second-order valence-electron chi connectivity index (χ2n) is 7.81. The average Bonchev–Trinajstić information content (AvgIpc) is 3.45. The van der Waals surface area contributed by atoms with Gasteiger partial charge in [-0.1, -0.05) is 42.1 Å². The fraction of sp³-hybridized carbons (Fsp3) is 0.250. The monoisotopic (exact) mass is 461 g/mol. The average molecular weight is 462 g/mol. The lowest BCUT2D eigenvalue weighted by Gasteiger charge is -2.12. The van der Waals surface area contributed by atoms with E-state index in [1.165, 1.54) is 11.8 Å². The minimum absolute atomic E-state index is 0.00641. The number of carbonyl (C=O) groups excluding carboxylic acids is 1. The molecule has 1 atom stereocenters. The van der Waals surface area contributed by atoms with Crippen molar-refractivity contribution in [2.24, 2.45) is 0 Å². The molecular weight excluding hydrogens is 438 g/mol. The molecule has 0 spiro atoms. The van der Waals surface area contributed by atoms with E-state index in [0.717, 1.165) is 16.4 Å². The van der Waals surface area contributed by atoms with E-state index in [0.29, 0.717) is 41.5 Å². The molecule has 0 aliphatic carbocycles. The molecule has 0 aliphatic rings. The Morgan fingerprint density at radius 1 is 1.12 bits per heavy atom. The van der Waals surface area contributed by atoms with E-state index in [1.807, 2.05) is 53.8 Å². The Balaban J connectivity index is 1.56. The molecule has 1 N–H and O–H groups in total. The molecule has 1 unspecified atom stereocenters. The van der Waals surface area contributed by atoms with E-state index in [1.54, 1.807) is 23.9 Å². The van der Waals surface area contributed by atoms with Gasteiger partial charge in [0, 0.05) is 42.9 Å². The molecule has 0 bridgehead atoms. The van der Waals surface area contributed by atoms with Crippen molar-refractivity contribution in [3.63, 3.8) is 0 Å². The minimum Gasteiger partial charge on any atom is -0.385 e. The van der Waals surface area contributed by atoms with Crippen LogP contribution in [0, 0.1) is 0 Å². The van der Waals surface area contributed by atoms with E-state index in [2.05, 4.69) is 15.2 Å². The number of Topliss-reactive ketones (excluding diaryl/α,β-unsaturated/α-hetero) is 1. The van der Waals surface area contributed by atoms with Gasteiger partial charge < -0.3 is 9.72 Å². The molecule has 0 saturated heterocycles. The smallest absolute Gasteiger partial charge is 0.262 e. The van der Waals surface area contributed by atoms with E-state index in [-0.39, 0.29) is 11.3 Å². The van der Waals surface area contributed by atoms with Gasteiger partial charge in [0.05, 0.1) is 16.2 Å². The molecule has 2 aromatic carbocycles. The highest BCUT2D eigenvalue weighted by Crippen LogP contribution is 2.29. The lowest BCUT2D eigenvalue weighted by Crippen LogP contribution is -2.24. The zero-order valence-electron chi connectivity index (χ0n) is 18.3. The molecule has 0 fully saturated rings. The first-order valence-electron chi connectivity index (χ1n) is 10.7. The number of hydrogen-bond donors (Lipinski definition) is 1. The number of para-hydroxylation sites is 2. The molecule has 5 aromatic rings. The summed E-state index contributed by atoms with van der Waals surface area (Å²) >= 11 is 1.34. The van der Waals surface area contributed by atoms with Gasteiger partial charge in [-0.2, -0.15) is 0 Å². The summed E-state index contributed by atoms with van der Waals surface area (Å²) in [5, 5.41) is 10.4. The van der Waals surface area contributed by atoms with Crippen LogP contribution >= 0.6 is 11.8 Å². The summed E-state index contributed by atoms with van der Waals surface area (Å²) in [5.41, 5.74) is 2.19. The second kappa shape index (κ2) is 8.84. The number of nitrogens with zero attached hydrogens (tertiary/aromatic N) is 4. The lowest BCUT2D eigenvalue weighted by molar-refractivity contribution is 0.0995. The maximum Gasteiger partial charge on any atom is 0.262 e. The molecule has 0 amide bonds. The molecule has 0 aliphatic heterocycles. The number of ether oxygens (including phenoxy) is 1. The predicted molar refractivity (Wildman–Crippen MR) is 129 cm³/mol. The number of benzene rings is 2. The summed E-state index contributed by atoms with van der Waals surface area (Å²) in [6, 6.07) is 15.2. The van der Waals surface area contributed by atoms with Crippen LogP contribution in [0.25, 0.3) is 27.6 Å². The van der Waals surface area contributed by atoms with Crippen molar-refractivity contribution >= 4 is 45.1 Å². The highest BCUT2D eigenvalue weighted by atomic mass is 32.2. The van der Waals surface area contributed by atoms with Crippen LogP contribution in [0.4, 0.5) is 0 Å². The Kier molecular flexibility index (Phi) is 5.74. The van der Waals surface area contributed by atoms with Crippen molar-refractivity contribution in [2.45, 2.75) is 30.3 Å². The normalized spacial score (nSPS) is 12.7. The van der Waals surface area contributed by atoms with Gasteiger partial charge >= 0.3 is 0 Å². The first-order valence-corrected chi connectivity index (χ1v) is 11.6. The SMILES string of the molecule is COCCCn1c(=O)c2ccccc2n2c(SC(C)C(=O)c3c[nH]c4ccccc34)nnc12. The van der Waals surface area contributed by atoms with Crippen LogP contribution in [0.2, 0.25) is 0 Å². The lowest BCUT2D eigenvalue weighted by atomic mass is 10.1. The largest absolute Gasteiger partial charge is 0.385 e. The number of thioether (sulfide) groups is 1. The third-order valence-electron chi connectivity index (χ3n) is 5.71. The number of nitrogens with one attached hydrogen (secondary N) is 1. The van der Waals surface area contributed by atoms with Crippen molar-refractivity contribution < 1.29 is 9.53 Å². The number of hydrogen-bond acceptors (Lipinski definition) is 6. The summed E-state index contributed by atoms with van der Waals surface area (Å²) in [4.78, 5) is 29.6. The fourth-order valence-electron chi connectivity index (χ4n) is 4.08. The number of H-pyrrole nitrogens is 1. The molecule has 33 heavy (non-hydrogen) atoms. The molecule has 0 radical (unpaired) electrons. The Hall–Kier alpha value is -3.43. The molecule has 5 rings (SSSR count). The van der Waals surface area contributed by atoms with Crippen molar-refractivity contribution in [3.8, 4) is 0 Å². The number of fused-ring (bicyclic) bond motifs is 4. The van der Waals surface area contributed by atoms with Crippen LogP contribution in [-0.2, 0) is 11.3 Å². The molecule has 9 heteroatoms. The van der Waals surface area contributed by atoms with E-state index < -0.39 is 5.25 Å². The quantitative estimate of drug-likeness (QED) is 0.214. The zero-order valence-corrected chi connectivity index (χ0v) is 19.1. The van der Waals surface area contributed by atoms with E-state index in [4.69, 9.17) is 4.74 Å². The number of ketones is 1. The molecule has 0 saturated carbocycles. The first-order chi connectivity index (χ1) is 16.1. The number of carbonyl (C=O) groups is 1. The van der Waals surface area contributed by atoms with Crippen molar-refractivity contribution in [1.29, 1.82) is 0 Å². The maximum absolute atomic E-state index is 13.3. The van der Waals surface area contributed by atoms with Gasteiger partial charge in [-0.15, -0.1) is 10.2 Å². The number of rotatable bonds is 8. The first kappa shape index (κ1) is 21.4. The van der Waals surface area contributed by atoms with Gasteiger partial charge in [0.15, 0.2) is 10.9 Å². The molecule has 3 aromatic heterocycles.